The average Bonchev–Trinajstić information content (AvgIpc) is 3.34. The number of aromatic amines is 1. The summed E-state index contributed by atoms with van der Waals surface area (Å²) in [6.07, 6.45) is 4.36. The second kappa shape index (κ2) is 8.00. The number of fused-ring (bicyclic) bond motifs is 2. The van der Waals surface area contributed by atoms with Crippen molar-refractivity contribution < 1.29 is 9.59 Å². The maximum Gasteiger partial charge on any atom is 0.256 e. The summed E-state index contributed by atoms with van der Waals surface area (Å²) in [5, 5.41) is 6.67. The first-order valence-electron chi connectivity index (χ1n) is 10.4. The maximum absolute atomic E-state index is 13.0. The van der Waals surface area contributed by atoms with Crippen LogP contribution in [0, 0.1) is 0 Å². The van der Waals surface area contributed by atoms with Gasteiger partial charge in [-0.3, -0.25) is 9.59 Å². The number of aryl methyl sites for hydroxylation is 1. The third-order valence-electron chi connectivity index (χ3n) is 5.49. The fourth-order valence-corrected chi connectivity index (χ4v) is 5.34. The summed E-state index contributed by atoms with van der Waals surface area (Å²) in [5.74, 6) is 0.485. The Bertz CT molecular complexity index is 1250. The molecule has 0 unspecified atom stereocenters. The van der Waals surface area contributed by atoms with Gasteiger partial charge in [-0.2, -0.15) is 0 Å². The number of amides is 2. The first kappa shape index (κ1) is 19.5. The zero-order chi connectivity index (χ0) is 21.4. The number of rotatable bonds is 4. The lowest BCUT2D eigenvalue weighted by molar-refractivity contribution is -0.114. The first-order chi connectivity index (χ1) is 15.1. The van der Waals surface area contributed by atoms with Crippen molar-refractivity contribution in [3.05, 3.63) is 64.5 Å². The third-order valence-corrected chi connectivity index (χ3v) is 6.70. The Morgan fingerprint density at radius 1 is 1.00 bits per heavy atom. The molecular weight excluding hydrogens is 408 g/mol. The van der Waals surface area contributed by atoms with E-state index in [0.29, 0.717) is 11.3 Å². The van der Waals surface area contributed by atoms with Gasteiger partial charge in [-0.1, -0.05) is 12.1 Å². The van der Waals surface area contributed by atoms with Gasteiger partial charge in [0.2, 0.25) is 5.91 Å². The fraction of sp³-hybridized carbons (Fsp3) is 0.208. The van der Waals surface area contributed by atoms with Gasteiger partial charge in [0.15, 0.2) is 0 Å². The Morgan fingerprint density at radius 3 is 2.55 bits per heavy atom. The van der Waals surface area contributed by atoms with Gasteiger partial charge in [0, 0.05) is 23.1 Å². The summed E-state index contributed by atoms with van der Waals surface area (Å²) in [6, 6.07) is 14.9. The summed E-state index contributed by atoms with van der Waals surface area (Å²) in [4.78, 5) is 33.8. The van der Waals surface area contributed by atoms with E-state index in [1.165, 1.54) is 23.8 Å². The molecule has 4 aromatic rings. The zero-order valence-corrected chi connectivity index (χ0v) is 17.9. The van der Waals surface area contributed by atoms with Gasteiger partial charge in [0.05, 0.1) is 16.6 Å². The van der Waals surface area contributed by atoms with Gasteiger partial charge in [0.1, 0.15) is 10.8 Å². The minimum Gasteiger partial charge on any atom is -0.338 e. The van der Waals surface area contributed by atoms with E-state index in [2.05, 4.69) is 15.6 Å². The van der Waals surface area contributed by atoms with E-state index in [4.69, 9.17) is 4.98 Å². The average molecular weight is 431 g/mol. The molecule has 0 saturated heterocycles. The number of hydrogen-bond acceptors (Lipinski definition) is 4. The van der Waals surface area contributed by atoms with E-state index in [-0.39, 0.29) is 11.8 Å². The number of H-pyrrole nitrogens is 1. The molecule has 0 radical (unpaired) electrons. The van der Waals surface area contributed by atoms with Crippen molar-refractivity contribution in [3.63, 3.8) is 0 Å². The molecule has 3 N–H and O–H groups in total. The van der Waals surface area contributed by atoms with E-state index in [1.54, 1.807) is 35.6 Å². The molecule has 0 saturated carbocycles. The molecule has 0 atom stereocenters. The summed E-state index contributed by atoms with van der Waals surface area (Å²) < 4.78 is 0. The predicted molar refractivity (Wildman–Crippen MR) is 125 cm³/mol. The van der Waals surface area contributed by atoms with Crippen molar-refractivity contribution in [1.82, 2.24) is 9.97 Å². The number of para-hydroxylation sites is 2. The SMILES string of the molecule is CC(=O)Nc1ccc(C(=O)Nc2sc3c(c2-c2nc4ccccc4[nH]2)CCCC3)cc1. The number of thiophene rings is 1. The molecule has 6 nitrogen and oxygen atoms in total. The Balaban J connectivity index is 1.49. The summed E-state index contributed by atoms with van der Waals surface area (Å²) in [5.41, 5.74) is 5.42. The maximum atomic E-state index is 13.0. The predicted octanol–water partition coefficient (Wildman–Crippen LogP) is 5.38. The van der Waals surface area contributed by atoms with Gasteiger partial charge in [-0.05, 0) is 67.6 Å². The van der Waals surface area contributed by atoms with Crippen LogP contribution >= 0.6 is 11.3 Å². The van der Waals surface area contributed by atoms with Gasteiger partial charge >= 0.3 is 0 Å². The second-order valence-electron chi connectivity index (χ2n) is 7.73. The Morgan fingerprint density at radius 2 is 1.77 bits per heavy atom. The highest BCUT2D eigenvalue weighted by atomic mass is 32.1. The van der Waals surface area contributed by atoms with Crippen molar-refractivity contribution in [2.24, 2.45) is 0 Å². The van der Waals surface area contributed by atoms with Crippen molar-refractivity contribution >= 4 is 44.9 Å². The van der Waals surface area contributed by atoms with Crippen molar-refractivity contribution in [1.29, 1.82) is 0 Å². The van der Waals surface area contributed by atoms with E-state index in [9.17, 15) is 9.59 Å². The Labute approximate surface area is 183 Å². The van der Waals surface area contributed by atoms with Crippen LogP contribution in [0.15, 0.2) is 48.5 Å². The number of anilines is 2. The third kappa shape index (κ3) is 3.84. The normalized spacial score (nSPS) is 13.1. The minimum atomic E-state index is -0.176. The molecule has 1 aliphatic rings. The highest BCUT2D eigenvalue weighted by molar-refractivity contribution is 7.17. The van der Waals surface area contributed by atoms with Crippen LogP contribution in [0.3, 0.4) is 0 Å². The van der Waals surface area contributed by atoms with E-state index < -0.39 is 0 Å². The molecule has 1 aliphatic carbocycles. The van der Waals surface area contributed by atoms with Crippen molar-refractivity contribution in [3.8, 4) is 11.4 Å². The molecular formula is C24H22N4O2S. The van der Waals surface area contributed by atoms with Crippen molar-refractivity contribution in [2.45, 2.75) is 32.6 Å². The van der Waals surface area contributed by atoms with Gasteiger partial charge < -0.3 is 15.6 Å². The Hall–Kier alpha value is -3.45. The number of carbonyl (C=O) groups excluding carboxylic acids is 2. The van der Waals surface area contributed by atoms with Crippen molar-refractivity contribution in [2.75, 3.05) is 10.6 Å². The van der Waals surface area contributed by atoms with Gasteiger partial charge in [0.25, 0.3) is 5.91 Å². The number of aromatic nitrogens is 2. The van der Waals surface area contributed by atoms with Gasteiger partial charge in [-0.15, -0.1) is 11.3 Å². The highest BCUT2D eigenvalue weighted by Gasteiger charge is 2.25. The van der Waals surface area contributed by atoms with Crippen LogP contribution in [0.1, 0.15) is 40.6 Å². The van der Waals surface area contributed by atoms with Crippen LogP contribution in [0.5, 0.6) is 0 Å². The first-order valence-corrected chi connectivity index (χ1v) is 11.2. The number of hydrogen-bond donors (Lipinski definition) is 3. The lowest BCUT2D eigenvalue weighted by atomic mass is 9.95. The molecule has 2 heterocycles. The molecule has 0 bridgehead atoms. The fourth-order valence-electron chi connectivity index (χ4n) is 4.06. The smallest absolute Gasteiger partial charge is 0.256 e. The molecule has 5 rings (SSSR count). The lowest BCUT2D eigenvalue weighted by Gasteiger charge is -2.12. The minimum absolute atomic E-state index is 0.142. The van der Waals surface area contributed by atoms with Crippen LogP contribution in [0.25, 0.3) is 22.4 Å². The molecule has 31 heavy (non-hydrogen) atoms. The number of carbonyl (C=O) groups is 2. The van der Waals surface area contributed by atoms with E-state index in [0.717, 1.165) is 46.7 Å². The number of benzene rings is 2. The van der Waals surface area contributed by atoms with Crippen LogP contribution in [-0.2, 0) is 17.6 Å². The standard InChI is InChI=1S/C24H22N4O2S/c1-14(29)25-16-12-10-15(11-13-16)23(30)28-24-21(17-6-2-5-9-20(17)31-24)22-26-18-7-3-4-8-19(18)27-22/h3-4,7-8,10-13H,2,5-6,9H2,1H3,(H,25,29)(H,26,27)(H,28,30). The number of imidazole rings is 1. The summed E-state index contributed by atoms with van der Waals surface area (Å²) >= 11 is 1.65. The number of nitrogens with zero attached hydrogens (tertiary/aromatic N) is 1. The second-order valence-corrected chi connectivity index (χ2v) is 8.84. The largest absolute Gasteiger partial charge is 0.338 e. The van der Waals surface area contributed by atoms with Crippen LogP contribution in [-0.4, -0.2) is 21.8 Å². The molecule has 2 aromatic carbocycles. The van der Waals surface area contributed by atoms with Crippen LogP contribution in [0.4, 0.5) is 10.7 Å². The molecule has 2 aromatic heterocycles. The molecule has 0 spiro atoms. The summed E-state index contributed by atoms with van der Waals surface area (Å²) in [6.45, 7) is 1.46. The lowest BCUT2D eigenvalue weighted by Crippen LogP contribution is -2.12. The van der Waals surface area contributed by atoms with Gasteiger partial charge in [-0.25, -0.2) is 4.98 Å². The van der Waals surface area contributed by atoms with Crippen LogP contribution in [0.2, 0.25) is 0 Å². The van der Waals surface area contributed by atoms with E-state index >= 15 is 0 Å². The molecule has 7 heteroatoms. The molecule has 2 amide bonds. The highest BCUT2D eigenvalue weighted by Crippen LogP contribution is 2.43. The summed E-state index contributed by atoms with van der Waals surface area (Å²) in [7, 11) is 0. The zero-order valence-electron chi connectivity index (χ0n) is 17.1. The molecule has 0 aliphatic heterocycles. The number of nitrogens with one attached hydrogen (secondary N) is 3. The monoisotopic (exact) mass is 430 g/mol. The Kier molecular flexibility index (Phi) is 5.03. The van der Waals surface area contributed by atoms with E-state index in [1.807, 2.05) is 24.3 Å². The van der Waals surface area contributed by atoms with Crippen LogP contribution < -0.4 is 10.6 Å². The topological polar surface area (TPSA) is 86.9 Å². The quantitative estimate of drug-likeness (QED) is 0.406. The molecule has 0 fully saturated rings. The molecule has 156 valence electrons.